The summed E-state index contributed by atoms with van der Waals surface area (Å²) in [6.07, 6.45) is 0. The van der Waals surface area contributed by atoms with E-state index < -0.39 is 0 Å². The van der Waals surface area contributed by atoms with E-state index in [-0.39, 0.29) is 5.15 Å². The van der Waals surface area contributed by atoms with Crippen molar-refractivity contribution in [1.82, 2.24) is 4.98 Å². The van der Waals surface area contributed by atoms with E-state index in [9.17, 15) is 0 Å². The van der Waals surface area contributed by atoms with Crippen LogP contribution in [0.5, 0.6) is 0 Å². The van der Waals surface area contributed by atoms with E-state index in [0.29, 0.717) is 5.69 Å². The van der Waals surface area contributed by atoms with Crippen molar-refractivity contribution in [3.63, 3.8) is 0 Å². The predicted octanol–water partition coefficient (Wildman–Crippen LogP) is 6.51. The van der Waals surface area contributed by atoms with Crippen LogP contribution in [0.25, 0.3) is 27.2 Å². The van der Waals surface area contributed by atoms with Crippen molar-refractivity contribution in [3.05, 3.63) is 82.8 Å². The maximum atomic E-state index is 7.27. The van der Waals surface area contributed by atoms with Crippen LogP contribution in [-0.4, -0.2) is 4.98 Å². The van der Waals surface area contributed by atoms with Gasteiger partial charge < -0.3 is 0 Å². The van der Waals surface area contributed by atoms with Crippen LogP contribution in [0.4, 0.5) is 5.69 Å². The van der Waals surface area contributed by atoms with Crippen LogP contribution in [0.2, 0.25) is 5.15 Å². The first-order valence-electron chi connectivity index (χ1n) is 7.01. The van der Waals surface area contributed by atoms with Crippen LogP contribution in [-0.2, 0) is 5.33 Å². The number of aromatic nitrogens is 1. The summed E-state index contributed by atoms with van der Waals surface area (Å²) < 4.78 is 0. The third kappa shape index (κ3) is 3.29. The average molecular weight is 384 g/mol. The molecule has 3 rings (SSSR count). The zero-order chi connectivity index (χ0) is 16.2. The molecule has 1 aromatic heterocycles. The Morgan fingerprint density at radius 3 is 2.30 bits per heavy atom. The van der Waals surface area contributed by atoms with Gasteiger partial charge in [0.1, 0.15) is 5.15 Å². The molecule has 0 fully saturated rings. The smallest absolute Gasteiger partial charge is 0.224 e. The molecule has 0 saturated heterocycles. The fourth-order valence-electron chi connectivity index (χ4n) is 2.37. The molecule has 0 atom stereocenters. The molecule has 3 aromatic rings. The van der Waals surface area contributed by atoms with Gasteiger partial charge in [-0.25, -0.2) is 9.83 Å². The highest BCUT2D eigenvalue weighted by Crippen LogP contribution is 2.37. The lowest BCUT2D eigenvalue weighted by atomic mass is 9.98. The van der Waals surface area contributed by atoms with Gasteiger partial charge in [0.15, 0.2) is 0 Å². The van der Waals surface area contributed by atoms with Crippen LogP contribution in [0.1, 0.15) is 5.56 Å². The molecule has 0 spiro atoms. The zero-order valence-electron chi connectivity index (χ0n) is 12.1. The molecular weight excluding hydrogens is 372 g/mol. The molecule has 23 heavy (non-hydrogen) atoms. The molecule has 0 N–H and O–H groups in total. The summed E-state index contributed by atoms with van der Waals surface area (Å²) in [4.78, 5) is 7.95. The van der Waals surface area contributed by atoms with E-state index >= 15 is 0 Å². The van der Waals surface area contributed by atoms with Crippen molar-refractivity contribution in [2.45, 2.75) is 5.33 Å². The minimum absolute atomic E-state index is 0.235. The lowest BCUT2D eigenvalue weighted by molar-refractivity contribution is 1.32. The van der Waals surface area contributed by atoms with Crippen molar-refractivity contribution >= 4 is 33.2 Å². The molecule has 0 amide bonds. The Balaban J connectivity index is 2.22. The highest BCUT2D eigenvalue weighted by atomic mass is 79.9. The summed E-state index contributed by atoms with van der Waals surface area (Å²) in [5.74, 6) is 0. The maximum Gasteiger partial charge on any atom is 0.224 e. The first-order chi connectivity index (χ1) is 11.2. The number of nitrogens with zero attached hydrogens (tertiary/aromatic N) is 2. The average Bonchev–Trinajstić information content (AvgIpc) is 2.62. The molecule has 1 heterocycles. The number of benzene rings is 2. The van der Waals surface area contributed by atoms with Crippen molar-refractivity contribution in [2.75, 3.05) is 0 Å². The molecule has 0 aliphatic heterocycles. The second kappa shape index (κ2) is 6.95. The second-order valence-electron chi connectivity index (χ2n) is 5.00. The highest BCUT2D eigenvalue weighted by molar-refractivity contribution is 9.08. The first kappa shape index (κ1) is 15.7. The third-order valence-electron chi connectivity index (χ3n) is 3.54. The number of hydrogen-bond donors (Lipinski definition) is 0. The predicted molar refractivity (Wildman–Crippen MR) is 99.0 cm³/mol. The van der Waals surface area contributed by atoms with Gasteiger partial charge in [0.25, 0.3) is 0 Å². The van der Waals surface area contributed by atoms with Crippen LogP contribution in [0, 0.1) is 6.57 Å². The van der Waals surface area contributed by atoms with E-state index in [0.717, 1.165) is 27.7 Å². The second-order valence-corrected chi connectivity index (χ2v) is 5.92. The van der Waals surface area contributed by atoms with Crippen LogP contribution >= 0.6 is 27.5 Å². The standard InChI is InChI=1S/C19H12BrClN2/c1-22-17-11-16(14-5-3-2-4-6-14)18(23-19(17)21)15-9-7-13(12-20)8-10-15/h2-11H,12H2. The van der Waals surface area contributed by atoms with Gasteiger partial charge in [-0.1, -0.05) is 82.1 Å². The van der Waals surface area contributed by atoms with Gasteiger partial charge >= 0.3 is 0 Å². The molecule has 0 radical (unpaired) electrons. The first-order valence-corrected chi connectivity index (χ1v) is 8.51. The highest BCUT2D eigenvalue weighted by Gasteiger charge is 2.13. The maximum absolute atomic E-state index is 7.27. The quantitative estimate of drug-likeness (QED) is 0.286. The summed E-state index contributed by atoms with van der Waals surface area (Å²) in [6, 6.07) is 19.9. The molecular formula is C19H12BrClN2. The summed E-state index contributed by atoms with van der Waals surface area (Å²) in [6.45, 7) is 7.27. The Hall–Kier alpha value is -2.15. The van der Waals surface area contributed by atoms with Crippen LogP contribution in [0.15, 0.2) is 60.7 Å². The van der Waals surface area contributed by atoms with Crippen LogP contribution in [0.3, 0.4) is 0 Å². The normalized spacial score (nSPS) is 10.3. The Kier molecular flexibility index (Phi) is 4.76. The Morgan fingerprint density at radius 1 is 1.00 bits per heavy atom. The van der Waals surface area contributed by atoms with Crippen LogP contribution < -0.4 is 0 Å². The molecule has 2 aromatic carbocycles. The molecule has 2 nitrogen and oxygen atoms in total. The van der Waals surface area contributed by atoms with Crippen molar-refractivity contribution in [1.29, 1.82) is 0 Å². The largest absolute Gasteiger partial charge is 0.247 e. The Bertz CT molecular complexity index is 868. The SMILES string of the molecule is [C-]#[N+]c1cc(-c2ccccc2)c(-c2ccc(CBr)cc2)nc1Cl. The van der Waals surface area contributed by atoms with Gasteiger partial charge in [-0.3, -0.25) is 0 Å². The number of halogens is 2. The number of hydrogen-bond acceptors (Lipinski definition) is 1. The summed E-state index contributed by atoms with van der Waals surface area (Å²) in [5.41, 5.74) is 5.25. The number of pyridine rings is 1. The topological polar surface area (TPSA) is 17.2 Å². The lowest BCUT2D eigenvalue weighted by Crippen LogP contribution is -1.91. The van der Waals surface area contributed by atoms with Crippen molar-refractivity contribution in [3.8, 4) is 22.4 Å². The summed E-state index contributed by atoms with van der Waals surface area (Å²) in [5, 5.41) is 1.04. The monoisotopic (exact) mass is 382 g/mol. The minimum Gasteiger partial charge on any atom is -0.247 e. The van der Waals surface area contributed by atoms with E-state index in [1.54, 1.807) is 0 Å². The van der Waals surface area contributed by atoms with Gasteiger partial charge in [0.05, 0.1) is 12.3 Å². The molecule has 112 valence electrons. The molecule has 0 aliphatic rings. The van der Waals surface area contributed by atoms with Gasteiger partial charge in [-0.15, -0.1) is 0 Å². The zero-order valence-corrected chi connectivity index (χ0v) is 14.5. The fourth-order valence-corrected chi connectivity index (χ4v) is 2.92. The summed E-state index contributed by atoms with van der Waals surface area (Å²) in [7, 11) is 0. The molecule has 4 heteroatoms. The molecule has 0 saturated carbocycles. The van der Waals surface area contributed by atoms with E-state index in [4.69, 9.17) is 18.2 Å². The summed E-state index contributed by atoms with van der Waals surface area (Å²) >= 11 is 9.62. The van der Waals surface area contributed by atoms with Gasteiger partial charge in [-0.2, -0.15) is 0 Å². The molecule has 0 aliphatic carbocycles. The number of alkyl halides is 1. The fraction of sp³-hybridized carbons (Fsp3) is 0.0526. The van der Waals surface area contributed by atoms with Gasteiger partial charge in [-0.05, 0) is 22.8 Å². The molecule has 0 bridgehead atoms. The lowest BCUT2D eigenvalue weighted by Gasteiger charge is -2.11. The van der Waals surface area contributed by atoms with E-state index in [2.05, 4.69) is 37.9 Å². The Labute approximate surface area is 148 Å². The minimum atomic E-state index is 0.235. The van der Waals surface area contributed by atoms with Crippen molar-refractivity contribution in [2.24, 2.45) is 0 Å². The Morgan fingerprint density at radius 2 is 1.70 bits per heavy atom. The van der Waals surface area contributed by atoms with Crippen molar-refractivity contribution < 1.29 is 0 Å². The van der Waals surface area contributed by atoms with E-state index in [1.165, 1.54) is 5.56 Å². The van der Waals surface area contributed by atoms with Gasteiger partial charge in [0, 0.05) is 10.9 Å². The molecule has 0 unspecified atom stereocenters. The number of rotatable bonds is 3. The third-order valence-corrected chi connectivity index (χ3v) is 4.47. The van der Waals surface area contributed by atoms with Gasteiger partial charge in [0.2, 0.25) is 5.69 Å². The van der Waals surface area contributed by atoms with E-state index in [1.807, 2.05) is 48.5 Å².